The van der Waals surface area contributed by atoms with Crippen LogP contribution in [0, 0.1) is 6.92 Å². The largest absolute Gasteiger partial charge is 0.491 e. The highest BCUT2D eigenvalue weighted by atomic mass is 16.5. The van der Waals surface area contributed by atoms with Crippen molar-refractivity contribution in [1.29, 1.82) is 0 Å². The predicted molar refractivity (Wildman–Crippen MR) is 70.7 cm³/mol. The number of nitrogens with zero attached hydrogens (tertiary/aromatic N) is 2. The van der Waals surface area contributed by atoms with Crippen molar-refractivity contribution >= 4 is 11.5 Å². The maximum Gasteiger partial charge on any atom is 0.148 e. The molecule has 1 atom stereocenters. The van der Waals surface area contributed by atoms with Crippen molar-refractivity contribution in [2.75, 3.05) is 17.7 Å². The summed E-state index contributed by atoms with van der Waals surface area (Å²) in [6.07, 6.45) is 0. The smallest absolute Gasteiger partial charge is 0.148 e. The monoisotopic (exact) mass is 244 g/mol. The van der Waals surface area contributed by atoms with Gasteiger partial charge in [0.25, 0.3) is 0 Å². The molecule has 0 spiro atoms. The first kappa shape index (κ1) is 11.0. The fourth-order valence-electron chi connectivity index (χ4n) is 2.29. The van der Waals surface area contributed by atoms with E-state index in [4.69, 9.17) is 10.5 Å². The number of nitrogens with two attached hydrogens (primary N) is 1. The summed E-state index contributed by atoms with van der Waals surface area (Å²) in [5.74, 6) is 1.78. The SMILES string of the molecule is Cc1nn(C)c(NC2COc3ccccc32)c1N. The number of hydrogen-bond acceptors (Lipinski definition) is 4. The average Bonchev–Trinajstić information content (AvgIpc) is 2.87. The summed E-state index contributed by atoms with van der Waals surface area (Å²) in [6.45, 7) is 2.52. The van der Waals surface area contributed by atoms with Gasteiger partial charge in [-0.2, -0.15) is 5.10 Å². The van der Waals surface area contributed by atoms with Gasteiger partial charge < -0.3 is 15.8 Å². The molecule has 0 saturated carbocycles. The molecular formula is C13H16N4O. The summed E-state index contributed by atoms with van der Waals surface area (Å²) in [5.41, 5.74) is 8.71. The number of para-hydroxylation sites is 1. The van der Waals surface area contributed by atoms with Crippen LogP contribution in [0.5, 0.6) is 5.75 Å². The molecule has 5 heteroatoms. The lowest BCUT2D eigenvalue weighted by Crippen LogP contribution is -2.15. The summed E-state index contributed by atoms with van der Waals surface area (Å²) in [6, 6.07) is 8.16. The number of aryl methyl sites for hydroxylation is 2. The lowest BCUT2D eigenvalue weighted by Gasteiger charge is -2.13. The molecule has 3 N–H and O–H groups in total. The van der Waals surface area contributed by atoms with Gasteiger partial charge in [0.1, 0.15) is 18.2 Å². The standard InChI is InChI=1S/C13H16N4O/c1-8-12(14)13(17(2)16-8)15-10-7-18-11-6-4-3-5-9(10)11/h3-6,10,15H,7,14H2,1-2H3. The summed E-state index contributed by atoms with van der Waals surface area (Å²) >= 11 is 0. The van der Waals surface area contributed by atoms with Gasteiger partial charge in [-0.25, -0.2) is 0 Å². The molecule has 18 heavy (non-hydrogen) atoms. The highest BCUT2D eigenvalue weighted by Crippen LogP contribution is 2.35. The van der Waals surface area contributed by atoms with Gasteiger partial charge in [-0.1, -0.05) is 18.2 Å². The first-order valence-electron chi connectivity index (χ1n) is 5.94. The van der Waals surface area contributed by atoms with Crippen LogP contribution in [0.25, 0.3) is 0 Å². The first-order valence-corrected chi connectivity index (χ1v) is 5.94. The maximum atomic E-state index is 6.01. The normalized spacial score (nSPS) is 17.3. The van der Waals surface area contributed by atoms with E-state index in [9.17, 15) is 0 Å². The summed E-state index contributed by atoms with van der Waals surface area (Å²) in [7, 11) is 1.88. The van der Waals surface area contributed by atoms with Crippen LogP contribution in [0.2, 0.25) is 0 Å². The Morgan fingerprint density at radius 1 is 1.44 bits per heavy atom. The Balaban J connectivity index is 1.91. The van der Waals surface area contributed by atoms with Crippen molar-refractivity contribution in [3.63, 3.8) is 0 Å². The summed E-state index contributed by atoms with van der Waals surface area (Å²) < 4.78 is 7.41. The number of aromatic nitrogens is 2. The van der Waals surface area contributed by atoms with E-state index in [2.05, 4.69) is 16.5 Å². The molecule has 0 aliphatic carbocycles. The van der Waals surface area contributed by atoms with Gasteiger partial charge in [-0.05, 0) is 13.0 Å². The summed E-state index contributed by atoms with van der Waals surface area (Å²) in [5, 5.41) is 7.70. The summed E-state index contributed by atoms with van der Waals surface area (Å²) in [4.78, 5) is 0. The number of nitrogen functional groups attached to an aromatic ring is 1. The predicted octanol–water partition coefficient (Wildman–Crippen LogP) is 1.86. The lowest BCUT2D eigenvalue weighted by atomic mass is 10.1. The van der Waals surface area contributed by atoms with E-state index in [0.717, 1.165) is 22.8 Å². The molecule has 1 unspecified atom stereocenters. The number of benzene rings is 1. The van der Waals surface area contributed by atoms with Gasteiger partial charge in [0.2, 0.25) is 0 Å². The van der Waals surface area contributed by atoms with E-state index in [1.165, 1.54) is 0 Å². The molecule has 1 aliphatic rings. The van der Waals surface area contributed by atoms with Crippen LogP contribution in [0.4, 0.5) is 11.5 Å². The highest BCUT2D eigenvalue weighted by Gasteiger charge is 2.25. The highest BCUT2D eigenvalue weighted by molar-refractivity contribution is 5.65. The minimum Gasteiger partial charge on any atom is -0.491 e. The van der Waals surface area contributed by atoms with Gasteiger partial charge in [-0.15, -0.1) is 0 Å². The number of nitrogens with one attached hydrogen (secondary N) is 1. The minimum atomic E-state index is 0.123. The van der Waals surface area contributed by atoms with E-state index in [1.807, 2.05) is 32.2 Å². The zero-order chi connectivity index (χ0) is 12.7. The minimum absolute atomic E-state index is 0.123. The first-order chi connectivity index (χ1) is 8.66. The van der Waals surface area contributed by atoms with Gasteiger partial charge in [0.05, 0.1) is 17.4 Å². The molecule has 1 aliphatic heterocycles. The molecule has 94 valence electrons. The number of rotatable bonds is 2. The Kier molecular flexibility index (Phi) is 2.40. The van der Waals surface area contributed by atoms with Crippen molar-refractivity contribution in [3.05, 3.63) is 35.5 Å². The molecule has 0 radical (unpaired) electrons. The van der Waals surface area contributed by atoms with Gasteiger partial charge in [0.15, 0.2) is 0 Å². The van der Waals surface area contributed by atoms with Gasteiger partial charge in [0, 0.05) is 12.6 Å². The van der Waals surface area contributed by atoms with E-state index in [0.29, 0.717) is 12.3 Å². The second-order valence-electron chi connectivity index (χ2n) is 4.52. The fraction of sp³-hybridized carbons (Fsp3) is 0.308. The van der Waals surface area contributed by atoms with E-state index in [1.54, 1.807) is 4.68 Å². The van der Waals surface area contributed by atoms with Crippen LogP contribution < -0.4 is 15.8 Å². The number of ether oxygens (including phenoxy) is 1. The maximum absolute atomic E-state index is 6.01. The molecule has 0 saturated heterocycles. The van der Waals surface area contributed by atoms with Crippen LogP contribution >= 0.6 is 0 Å². The van der Waals surface area contributed by atoms with Crippen LogP contribution in [-0.4, -0.2) is 16.4 Å². The lowest BCUT2D eigenvalue weighted by molar-refractivity contribution is 0.339. The molecule has 0 fully saturated rings. The molecule has 5 nitrogen and oxygen atoms in total. The molecule has 1 aromatic heterocycles. The molecule has 0 bridgehead atoms. The van der Waals surface area contributed by atoms with E-state index in [-0.39, 0.29) is 6.04 Å². The zero-order valence-corrected chi connectivity index (χ0v) is 10.5. The topological polar surface area (TPSA) is 65.1 Å². The molecule has 1 aromatic carbocycles. The molecule has 0 amide bonds. The third-order valence-electron chi connectivity index (χ3n) is 3.28. The molecule has 2 aromatic rings. The Morgan fingerprint density at radius 3 is 2.94 bits per heavy atom. The van der Waals surface area contributed by atoms with Gasteiger partial charge in [-0.3, -0.25) is 4.68 Å². The Morgan fingerprint density at radius 2 is 2.22 bits per heavy atom. The van der Waals surface area contributed by atoms with Crippen LogP contribution in [0.3, 0.4) is 0 Å². The van der Waals surface area contributed by atoms with Crippen LogP contribution in [-0.2, 0) is 7.05 Å². The Labute approximate surface area is 106 Å². The van der Waals surface area contributed by atoms with Gasteiger partial charge >= 0.3 is 0 Å². The van der Waals surface area contributed by atoms with Crippen LogP contribution in [0.1, 0.15) is 17.3 Å². The zero-order valence-electron chi connectivity index (χ0n) is 10.5. The van der Waals surface area contributed by atoms with Crippen molar-refractivity contribution in [2.45, 2.75) is 13.0 Å². The molecule has 2 heterocycles. The number of fused-ring (bicyclic) bond motifs is 1. The molecule has 3 rings (SSSR count). The van der Waals surface area contributed by atoms with Crippen molar-refractivity contribution in [1.82, 2.24) is 9.78 Å². The fourth-order valence-corrected chi connectivity index (χ4v) is 2.29. The van der Waals surface area contributed by atoms with E-state index < -0.39 is 0 Å². The average molecular weight is 244 g/mol. The third-order valence-corrected chi connectivity index (χ3v) is 3.28. The number of hydrogen-bond donors (Lipinski definition) is 2. The van der Waals surface area contributed by atoms with Crippen molar-refractivity contribution in [2.24, 2.45) is 7.05 Å². The Hall–Kier alpha value is -2.17. The second-order valence-corrected chi connectivity index (χ2v) is 4.52. The molecular weight excluding hydrogens is 228 g/mol. The number of anilines is 2. The second kappa shape index (κ2) is 3.94. The van der Waals surface area contributed by atoms with Crippen molar-refractivity contribution in [3.8, 4) is 5.75 Å². The van der Waals surface area contributed by atoms with Crippen LogP contribution in [0.15, 0.2) is 24.3 Å². The van der Waals surface area contributed by atoms with Crippen molar-refractivity contribution < 1.29 is 4.74 Å². The quantitative estimate of drug-likeness (QED) is 0.846. The Bertz CT molecular complexity index is 591. The van der Waals surface area contributed by atoms with E-state index >= 15 is 0 Å². The third kappa shape index (κ3) is 1.59.